The van der Waals surface area contributed by atoms with Gasteiger partial charge in [-0.15, -0.1) is 0 Å². The first-order valence-corrected chi connectivity index (χ1v) is 9.37. The van der Waals surface area contributed by atoms with Gasteiger partial charge in [-0.25, -0.2) is 9.69 Å². The predicted molar refractivity (Wildman–Crippen MR) is 107 cm³/mol. The van der Waals surface area contributed by atoms with Crippen LogP contribution in [-0.4, -0.2) is 40.4 Å². The Morgan fingerprint density at radius 2 is 1.86 bits per heavy atom. The van der Waals surface area contributed by atoms with Crippen molar-refractivity contribution in [1.29, 1.82) is 0 Å². The van der Waals surface area contributed by atoms with Crippen LogP contribution < -0.4 is 9.80 Å². The number of amides is 3. The van der Waals surface area contributed by atoms with E-state index in [1.807, 2.05) is 13.0 Å². The van der Waals surface area contributed by atoms with Gasteiger partial charge in [0.15, 0.2) is 0 Å². The van der Waals surface area contributed by atoms with Crippen LogP contribution in [0.4, 0.5) is 16.2 Å². The van der Waals surface area contributed by atoms with Crippen LogP contribution in [0.2, 0.25) is 0 Å². The molecule has 3 rings (SSSR count). The van der Waals surface area contributed by atoms with Crippen LogP contribution >= 0.6 is 11.8 Å². The Kier molecular flexibility index (Phi) is 5.51. The van der Waals surface area contributed by atoms with Gasteiger partial charge < -0.3 is 10.0 Å². The van der Waals surface area contributed by atoms with Crippen LogP contribution in [-0.2, 0) is 9.59 Å². The SMILES string of the molecule is Cc1cccc(N2C(=O)SC(CC(=O)N(C)c3ccccc3C(=O)O)C2=O)c1. The molecule has 1 unspecified atom stereocenters. The molecule has 1 fully saturated rings. The van der Waals surface area contributed by atoms with Gasteiger partial charge >= 0.3 is 5.97 Å². The highest BCUT2D eigenvalue weighted by atomic mass is 32.2. The zero-order valence-corrected chi connectivity index (χ0v) is 16.1. The number of nitrogens with zero attached hydrogens (tertiary/aromatic N) is 2. The maximum atomic E-state index is 12.7. The van der Waals surface area contributed by atoms with Crippen molar-refractivity contribution >= 4 is 46.2 Å². The van der Waals surface area contributed by atoms with E-state index in [9.17, 15) is 24.3 Å². The third-order valence-corrected chi connectivity index (χ3v) is 5.45. The van der Waals surface area contributed by atoms with E-state index in [-0.39, 0.29) is 17.7 Å². The summed E-state index contributed by atoms with van der Waals surface area (Å²) in [7, 11) is 1.45. The van der Waals surface area contributed by atoms with Crippen LogP contribution in [0.3, 0.4) is 0 Å². The summed E-state index contributed by atoms with van der Waals surface area (Å²) in [6.45, 7) is 1.86. The number of aromatic carboxylic acids is 1. The zero-order chi connectivity index (χ0) is 20.4. The van der Waals surface area contributed by atoms with Gasteiger partial charge in [0.05, 0.1) is 16.9 Å². The molecule has 1 aliphatic heterocycles. The van der Waals surface area contributed by atoms with Gasteiger partial charge in [0.25, 0.3) is 5.24 Å². The van der Waals surface area contributed by atoms with Crippen molar-refractivity contribution in [2.45, 2.75) is 18.6 Å². The third-order valence-electron chi connectivity index (χ3n) is 4.41. The molecule has 0 bridgehead atoms. The standard InChI is InChI=1S/C20H18N2O5S/c1-12-6-5-7-13(10-12)22-18(24)16(28-20(22)27)11-17(23)21(2)15-9-4-3-8-14(15)19(25)26/h3-10,16H,11H2,1-2H3,(H,25,26). The number of imide groups is 1. The van der Waals surface area contributed by atoms with Crippen molar-refractivity contribution in [3.63, 3.8) is 0 Å². The summed E-state index contributed by atoms with van der Waals surface area (Å²) in [4.78, 5) is 51.4. The minimum absolute atomic E-state index is 0.0128. The molecule has 2 aromatic rings. The summed E-state index contributed by atoms with van der Waals surface area (Å²) in [6.07, 6.45) is -0.206. The van der Waals surface area contributed by atoms with E-state index < -0.39 is 28.3 Å². The Morgan fingerprint density at radius 3 is 2.54 bits per heavy atom. The second-order valence-electron chi connectivity index (χ2n) is 6.36. The average molecular weight is 398 g/mol. The average Bonchev–Trinajstić information content (AvgIpc) is 2.94. The summed E-state index contributed by atoms with van der Waals surface area (Å²) in [6, 6.07) is 13.1. The number of para-hydroxylation sites is 1. The molecule has 1 heterocycles. The van der Waals surface area contributed by atoms with Gasteiger partial charge in [0.2, 0.25) is 11.8 Å². The molecule has 3 amide bonds. The molecular formula is C20H18N2O5S. The van der Waals surface area contributed by atoms with Crippen LogP contribution in [0.1, 0.15) is 22.3 Å². The fourth-order valence-electron chi connectivity index (χ4n) is 2.96. The van der Waals surface area contributed by atoms with E-state index in [2.05, 4.69) is 0 Å². The smallest absolute Gasteiger partial charge is 0.337 e. The fraction of sp³-hybridized carbons (Fsp3) is 0.200. The number of carbonyl (C=O) groups excluding carboxylic acids is 3. The number of aryl methyl sites for hydroxylation is 1. The minimum atomic E-state index is -1.15. The van der Waals surface area contributed by atoms with Crippen molar-refractivity contribution < 1.29 is 24.3 Å². The summed E-state index contributed by atoms with van der Waals surface area (Å²) in [5.74, 6) is -2.05. The number of hydrogen-bond donors (Lipinski definition) is 1. The van der Waals surface area contributed by atoms with E-state index in [0.717, 1.165) is 22.2 Å². The molecule has 144 valence electrons. The number of benzene rings is 2. The van der Waals surface area contributed by atoms with E-state index >= 15 is 0 Å². The Morgan fingerprint density at radius 1 is 1.14 bits per heavy atom. The van der Waals surface area contributed by atoms with Gasteiger partial charge in [0, 0.05) is 13.5 Å². The van der Waals surface area contributed by atoms with Crippen molar-refractivity contribution in [3.05, 3.63) is 59.7 Å². The van der Waals surface area contributed by atoms with E-state index in [1.54, 1.807) is 30.3 Å². The minimum Gasteiger partial charge on any atom is -0.478 e. The topological polar surface area (TPSA) is 95.0 Å². The predicted octanol–water partition coefficient (Wildman–Crippen LogP) is 3.31. The Bertz CT molecular complexity index is 975. The van der Waals surface area contributed by atoms with Crippen LogP contribution in [0.15, 0.2) is 48.5 Å². The molecule has 8 heteroatoms. The number of carboxylic acids is 1. The molecule has 1 atom stereocenters. The molecule has 0 saturated carbocycles. The van der Waals surface area contributed by atoms with Crippen molar-refractivity contribution in [3.8, 4) is 0 Å². The van der Waals surface area contributed by atoms with E-state index in [1.165, 1.54) is 24.1 Å². The molecule has 1 saturated heterocycles. The van der Waals surface area contributed by atoms with E-state index in [4.69, 9.17) is 0 Å². The van der Waals surface area contributed by atoms with Crippen molar-refractivity contribution in [1.82, 2.24) is 0 Å². The number of thioether (sulfide) groups is 1. The summed E-state index contributed by atoms with van der Waals surface area (Å²) < 4.78 is 0. The highest BCUT2D eigenvalue weighted by Crippen LogP contribution is 2.34. The summed E-state index contributed by atoms with van der Waals surface area (Å²) in [5.41, 5.74) is 1.60. The van der Waals surface area contributed by atoms with Crippen molar-refractivity contribution in [2.24, 2.45) is 0 Å². The van der Waals surface area contributed by atoms with Crippen LogP contribution in [0.25, 0.3) is 0 Å². The molecule has 1 aliphatic rings. The number of carboxylic acid groups (broad SMARTS) is 1. The maximum Gasteiger partial charge on any atom is 0.337 e. The van der Waals surface area contributed by atoms with Crippen LogP contribution in [0, 0.1) is 6.92 Å². The number of carbonyl (C=O) groups is 4. The molecule has 2 aromatic carbocycles. The zero-order valence-electron chi connectivity index (χ0n) is 15.3. The molecular weight excluding hydrogens is 380 g/mol. The molecule has 1 N–H and O–H groups in total. The molecule has 0 aliphatic carbocycles. The van der Waals surface area contributed by atoms with Gasteiger partial charge in [-0.3, -0.25) is 14.4 Å². The lowest BCUT2D eigenvalue weighted by atomic mass is 10.1. The van der Waals surface area contributed by atoms with E-state index in [0.29, 0.717) is 5.69 Å². The highest BCUT2D eigenvalue weighted by molar-refractivity contribution is 8.15. The number of anilines is 2. The van der Waals surface area contributed by atoms with Gasteiger partial charge in [-0.05, 0) is 48.5 Å². The molecule has 28 heavy (non-hydrogen) atoms. The number of rotatable bonds is 5. The lowest BCUT2D eigenvalue weighted by Crippen LogP contribution is -2.35. The normalized spacial score (nSPS) is 16.4. The second kappa shape index (κ2) is 7.85. The maximum absolute atomic E-state index is 12.7. The molecule has 0 spiro atoms. The van der Waals surface area contributed by atoms with Crippen LogP contribution in [0.5, 0.6) is 0 Å². The lowest BCUT2D eigenvalue weighted by molar-refractivity contribution is -0.122. The quantitative estimate of drug-likeness (QED) is 0.830. The summed E-state index contributed by atoms with van der Waals surface area (Å²) in [5, 5.41) is 8.02. The van der Waals surface area contributed by atoms with Gasteiger partial charge in [-0.2, -0.15) is 0 Å². The monoisotopic (exact) mass is 398 g/mol. The largest absolute Gasteiger partial charge is 0.478 e. The first-order chi connectivity index (χ1) is 13.3. The van der Waals surface area contributed by atoms with Gasteiger partial charge in [-0.1, -0.05) is 24.3 Å². The number of hydrogen-bond acceptors (Lipinski definition) is 5. The Labute approximate surface area is 165 Å². The third kappa shape index (κ3) is 3.77. The highest BCUT2D eigenvalue weighted by Gasteiger charge is 2.42. The lowest BCUT2D eigenvalue weighted by Gasteiger charge is -2.20. The van der Waals surface area contributed by atoms with Crippen molar-refractivity contribution in [2.75, 3.05) is 16.8 Å². The first-order valence-electron chi connectivity index (χ1n) is 8.49. The summed E-state index contributed by atoms with van der Waals surface area (Å²) >= 11 is 0.808. The Balaban J connectivity index is 1.77. The molecule has 0 aromatic heterocycles. The Hall–Kier alpha value is -3.13. The van der Waals surface area contributed by atoms with Gasteiger partial charge in [0.1, 0.15) is 5.25 Å². The molecule has 0 radical (unpaired) electrons. The fourth-order valence-corrected chi connectivity index (χ4v) is 3.94. The second-order valence-corrected chi connectivity index (χ2v) is 7.52. The molecule has 7 nitrogen and oxygen atoms in total. The first kappa shape index (κ1) is 19.6.